The highest BCUT2D eigenvalue weighted by Gasteiger charge is 2.21. The number of aromatic nitrogens is 4. The number of nitrogens with zero attached hydrogens (tertiary/aromatic N) is 3. The van der Waals surface area contributed by atoms with Crippen LogP contribution < -0.4 is 26.2 Å². The number of ether oxygens (including phenoxy) is 1. The molecule has 0 spiro atoms. The number of fused-ring (bicyclic) bond motifs is 1. The zero-order valence-electron chi connectivity index (χ0n) is 18.6. The van der Waals surface area contributed by atoms with Crippen molar-refractivity contribution in [2.24, 2.45) is 0 Å². The van der Waals surface area contributed by atoms with E-state index in [1.54, 1.807) is 43.8 Å². The Morgan fingerprint density at radius 1 is 1.12 bits per heavy atom. The van der Waals surface area contributed by atoms with Gasteiger partial charge in [0.05, 0.1) is 30.2 Å². The number of piperidine rings is 1. The third-order valence-electron chi connectivity index (χ3n) is 5.83. The molecule has 1 aliphatic rings. The van der Waals surface area contributed by atoms with Crippen molar-refractivity contribution in [2.45, 2.75) is 18.8 Å². The summed E-state index contributed by atoms with van der Waals surface area (Å²) < 4.78 is 19.5. The summed E-state index contributed by atoms with van der Waals surface area (Å²) in [4.78, 5) is 28.3. The highest BCUT2D eigenvalue weighted by Crippen LogP contribution is 2.33. The van der Waals surface area contributed by atoms with Gasteiger partial charge in [-0.05, 0) is 44.1 Å². The predicted molar refractivity (Wildman–Crippen MR) is 129 cm³/mol. The van der Waals surface area contributed by atoms with Crippen LogP contribution in [0.2, 0.25) is 0 Å². The molecule has 1 saturated heterocycles. The number of pyridine rings is 2. The van der Waals surface area contributed by atoms with Gasteiger partial charge in [-0.3, -0.25) is 9.78 Å². The molecule has 0 atom stereocenters. The standard InChI is InChI=1S/C24H24FN7O2/c1-34-19-12-16(13-28-22(19)14-5-8-26-9-6-14)29-24-27-10-7-20(31-24)30-18-11-15-3-2-4-17(25)21(15)32-23(18)33/h2-4,7,10-14,26H,5-6,8-9H2,1H3,(H,32,33)(H2,27,29,30,31). The van der Waals surface area contributed by atoms with Crippen molar-refractivity contribution < 1.29 is 9.13 Å². The summed E-state index contributed by atoms with van der Waals surface area (Å²) in [5.74, 6) is 1.34. The second-order valence-electron chi connectivity index (χ2n) is 8.07. The molecule has 0 radical (unpaired) electrons. The maximum atomic E-state index is 13.9. The van der Waals surface area contributed by atoms with Gasteiger partial charge in [-0.25, -0.2) is 9.37 Å². The molecule has 5 rings (SSSR count). The SMILES string of the molecule is COc1cc(Nc2nccc(Nc3cc4cccc(F)c4[nH]c3=O)n2)cnc1C1CCNCC1. The second kappa shape index (κ2) is 9.44. The summed E-state index contributed by atoms with van der Waals surface area (Å²) in [5, 5.41) is 10.0. The van der Waals surface area contributed by atoms with Crippen molar-refractivity contribution in [3.63, 3.8) is 0 Å². The molecule has 4 aromatic rings. The van der Waals surface area contributed by atoms with Crippen LogP contribution in [0.25, 0.3) is 10.9 Å². The smallest absolute Gasteiger partial charge is 0.272 e. The molecule has 3 aromatic heterocycles. The number of para-hydroxylation sites is 1. The van der Waals surface area contributed by atoms with Crippen LogP contribution >= 0.6 is 0 Å². The molecule has 0 aliphatic carbocycles. The zero-order chi connectivity index (χ0) is 23.5. The number of methoxy groups -OCH3 is 1. The average molecular weight is 462 g/mol. The van der Waals surface area contributed by atoms with Crippen LogP contribution in [0.15, 0.2) is 53.6 Å². The van der Waals surface area contributed by atoms with Gasteiger partial charge in [0.25, 0.3) is 5.56 Å². The molecule has 174 valence electrons. The lowest BCUT2D eigenvalue weighted by Crippen LogP contribution is -2.27. The van der Waals surface area contributed by atoms with Gasteiger partial charge in [0.15, 0.2) is 0 Å². The van der Waals surface area contributed by atoms with Gasteiger partial charge in [0, 0.05) is 23.6 Å². The van der Waals surface area contributed by atoms with Crippen LogP contribution in [-0.2, 0) is 0 Å². The summed E-state index contributed by atoms with van der Waals surface area (Å²) in [6.07, 6.45) is 5.35. The van der Waals surface area contributed by atoms with Crippen molar-refractivity contribution in [2.75, 3.05) is 30.8 Å². The lowest BCUT2D eigenvalue weighted by molar-refractivity contribution is 0.386. The Balaban J connectivity index is 1.36. The van der Waals surface area contributed by atoms with Gasteiger partial charge < -0.3 is 25.7 Å². The molecule has 0 saturated carbocycles. The minimum atomic E-state index is -0.482. The lowest BCUT2D eigenvalue weighted by Gasteiger charge is -2.23. The van der Waals surface area contributed by atoms with Crippen molar-refractivity contribution in [1.82, 2.24) is 25.3 Å². The molecule has 9 nitrogen and oxygen atoms in total. The molecule has 0 unspecified atom stereocenters. The van der Waals surface area contributed by atoms with Gasteiger partial charge in [0.1, 0.15) is 23.1 Å². The van der Waals surface area contributed by atoms with E-state index >= 15 is 0 Å². The minimum Gasteiger partial charge on any atom is -0.495 e. The van der Waals surface area contributed by atoms with E-state index in [2.05, 4.69) is 35.9 Å². The number of rotatable bonds is 6. The van der Waals surface area contributed by atoms with E-state index in [0.29, 0.717) is 28.8 Å². The molecule has 4 heterocycles. The maximum absolute atomic E-state index is 13.9. The fourth-order valence-electron chi connectivity index (χ4n) is 4.13. The van der Waals surface area contributed by atoms with Gasteiger partial charge in [0.2, 0.25) is 5.95 Å². The molecule has 4 N–H and O–H groups in total. The fourth-order valence-corrected chi connectivity index (χ4v) is 4.13. The Hall–Kier alpha value is -4.05. The molecule has 0 bridgehead atoms. The monoisotopic (exact) mass is 461 g/mol. The van der Waals surface area contributed by atoms with Gasteiger partial charge in [-0.1, -0.05) is 12.1 Å². The Morgan fingerprint density at radius 2 is 1.97 bits per heavy atom. The molecule has 34 heavy (non-hydrogen) atoms. The van der Waals surface area contributed by atoms with Crippen LogP contribution in [0.5, 0.6) is 5.75 Å². The molecule has 10 heteroatoms. The van der Waals surface area contributed by atoms with Crippen molar-refractivity contribution in [3.8, 4) is 5.75 Å². The largest absolute Gasteiger partial charge is 0.495 e. The van der Waals surface area contributed by atoms with E-state index in [0.717, 1.165) is 37.4 Å². The number of H-pyrrole nitrogens is 1. The van der Waals surface area contributed by atoms with Crippen LogP contribution in [0.3, 0.4) is 0 Å². The van der Waals surface area contributed by atoms with E-state index in [4.69, 9.17) is 4.74 Å². The Labute approximate surface area is 194 Å². The zero-order valence-corrected chi connectivity index (χ0v) is 18.6. The van der Waals surface area contributed by atoms with Crippen LogP contribution in [0.4, 0.5) is 27.5 Å². The summed E-state index contributed by atoms with van der Waals surface area (Å²) in [5.41, 5.74) is 1.60. The Kier molecular flexibility index (Phi) is 6.05. The molecule has 1 aromatic carbocycles. The van der Waals surface area contributed by atoms with Crippen LogP contribution in [-0.4, -0.2) is 40.1 Å². The molecule has 1 fully saturated rings. The number of nitrogens with one attached hydrogen (secondary N) is 4. The maximum Gasteiger partial charge on any atom is 0.272 e. The first-order valence-electron chi connectivity index (χ1n) is 11.0. The second-order valence-corrected chi connectivity index (χ2v) is 8.07. The number of benzene rings is 1. The summed E-state index contributed by atoms with van der Waals surface area (Å²) in [6, 6.07) is 9.72. The minimum absolute atomic E-state index is 0.164. The van der Waals surface area contributed by atoms with Gasteiger partial charge in [-0.15, -0.1) is 0 Å². The number of anilines is 4. The van der Waals surface area contributed by atoms with Crippen LogP contribution in [0, 0.1) is 5.82 Å². The number of aromatic amines is 1. The fraction of sp³-hybridized carbons (Fsp3) is 0.250. The first-order valence-corrected chi connectivity index (χ1v) is 11.0. The summed E-state index contributed by atoms with van der Waals surface area (Å²) >= 11 is 0. The van der Waals surface area contributed by atoms with E-state index in [9.17, 15) is 9.18 Å². The van der Waals surface area contributed by atoms with Crippen molar-refractivity contribution >= 4 is 34.0 Å². The summed E-state index contributed by atoms with van der Waals surface area (Å²) in [6.45, 7) is 1.94. The lowest BCUT2D eigenvalue weighted by atomic mass is 9.93. The highest BCUT2D eigenvalue weighted by atomic mass is 19.1. The van der Waals surface area contributed by atoms with E-state index in [-0.39, 0.29) is 11.2 Å². The third kappa shape index (κ3) is 4.53. The molecule has 0 amide bonds. The quantitative estimate of drug-likeness (QED) is 0.342. The predicted octanol–water partition coefficient (Wildman–Crippen LogP) is 3.82. The van der Waals surface area contributed by atoms with Gasteiger partial charge >= 0.3 is 0 Å². The normalized spacial score (nSPS) is 14.2. The van der Waals surface area contributed by atoms with E-state index in [1.807, 2.05) is 6.07 Å². The van der Waals surface area contributed by atoms with Crippen LogP contribution in [0.1, 0.15) is 24.5 Å². The first-order chi connectivity index (χ1) is 16.6. The topological polar surface area (TPSA) is 117 Å². The first kappa shape index (κ1) is 21.8. The molecule has 1 aliphatic heterocycles. The highest BCUT2D eigenvalue weighted by molar-refractivity contribution is 5.82. The van der Waals surface area contributed by atoms with Crippen molar-refractivity contribution in [3.05, 3.63) is 70.7 Å². The Morgan fingerprint density at radius 3 is 2.79 bits per heavy atom. The Bertz CT molecular complexity index is 1390. The summed E-state index contributed by atoms with van der Waals surface area (Å²) in [7, 11) is 1.64. The number of hydrogen-bond donors (Lipinski definition) is 4. The number of halogens is 1. The third-order valence-corrected chi connectivity index (χ3v) is 5.83. The molecular weight excluding hydrogens is 437 g/mol. The van der Waals surface area contributed by atoms with E-state index < -0.39 is 11.4 Å². The molecular formula is C24H24FN7O2. The number of hydrogen-bond acceptors (Lipinski definition) is 8. The van der Waals surface area contributed by atoms with E-state index in [1.165, 1.54) is 6.07 Å². The average Bonchev–Trinajstić information content (AvgIpc) is 2.86. The van der Waals surface area contributed by atoms with Gasteiger partial charge in [-0.2, -0.15) is 4.98 Å². The van der Waals surface area contributed by atoms with Crippen molar-refractivity contribution in [1.29, 1.82) is 0 Å².